The van der Waals surface area contributed by atoms with Crippen molar-refractivity contribution < 1.29 is 18.0 Å². The normalized spacial score (nSPS) is 23.1. The van der Waals surface area contributed by atoms with Crippen LogP contribution in [0.5, 0.6) is 0 Å². The molecule has 7 nitrogen and oxygen atoms in total. The first-order valence-electron chi connectivity index (χ1n) is 15.1. The molecule has 2 amide bonds. The van der Waals surface area contributed by atoms with Crippen molar-refractivity contribution in [1.82, 2.24) is 14.9 Å². The van der Waals surface area contributed by atoms with E-state index in [9.17, 15) is 18.0 Å². The molecular weight excluding hydrogens is 617 g/mol. The van der Waals surface area contributed by atoms with Gasteiger partial charge in [-0.3, -0.25) is 9.59 Å². The van der Waals surface area contributed by atoms with Crippen molar-refractivity contribution in [2.24, 2.45) is 0 Å². The molecule has 2 aromatic carbocycles. The number of hydrogen-bond acceptors (Lipinski definition) is 4. The smallest absolute Gasteiger partial charge is 0.255 e. The number of carbonyl (C=O) groups excluding carboxylic acids is 2. The molecule has 2 N–H and O–H groups in total. The SMILES string of the molecule is C\C=C/C=C\C(CNC(=O)[C@@H]1c2ccccc2C(=O)N([C@H]2CCCC[C@@H]2NS(C)(=O)=O)[C@H]1c1ccc(Cl)cc1Cl)=C(/C)CC. The lowest BCUT2D eigenvalue weighted by atomic mass is 9.76. The lowest BCUT2D eigenvalue weighted by Gasteiger charge is -2.49. The van der Waals surface area contributed by atoms with E-state index in [1.54, 1.807) is 35.2 Å². The van der Waals surface area contributed by atoms with Crippen LogP contribution in [0.3, 0.4) is 0 Å². The van der Waals surface area contributed by atoms with Gasteiger partial charge in [-0.25, -0.2) is 13.1 Å². The van der Waals surface area contributed by atoms with E-state index in [1.165, 1.54) is 0 Å². The Bertz CT molecular complexity index is 1580. The van der Waals surface area contributed by atoms with E-state index in [-0.39, 0.29) is 11.8 Å². The van der Waals surface area contributed by atoms with Gasteiger partial charge in [0.1, 0.15) is 0 Å². The Morgan fingerprint density at radius 1 is 1.07 bits per heavy atom. The standard InChI is InChI=1S/C34H41Cl2N3O4S/c1-5-7-8-13-23(22(3)6-2)21-37-33(40)31-25-14-9-10-15-26(25)34(41)39(32(31)27-19-18-24(35)20-28(27)36)30-17-12-11-16-29(30)38-44(4,42)43/h5,7-10,13-15,18-20,29-32,38H,6,11-12,16-17,21H2,1-4H3,(H,37,40)/b7-5-,13-8-,23-22-/t29-,30-,31+,32-/m0/s1. The molecule has 44 heavy (non-hydrogen) atoms. The number of benzene rings is 2. The fourth-order valence-corrected chi connectivity index (χ4v) is 7.63. The van der Waals surface area contributed by atoms with Gasteiger partial charge < -0.3 is 10.2 Å². The second-order valence-electron chi connectivity index (χ2n) is 11.5. The summed E-state index contributed by atoms with van der Waals surface area (Å²) in [7, 11) is -3.56. The van der Waals surface area contributed by atoms with Crippen LogP contribution in [0, 0.1) is 0 Å². The minimum absolute atomic E-state index is 0.254. The van der Waals surface area contributed by atoms with E-state index in [0.717, 1.165) is 36.7 Å². The summed E-state index contributed by atoms with van der Waals surface area (Å²) in [5.74, 6) is -1.33. The number of allylic oxidation sites excluding steroid dienone is 4. The first-order valence-corrected chi connectivity index (χ1v) is 17.7. The molecule has 4 atom stereocenters. The number of fused-ring (bicyclic) bond motifs is 1. The van der Waals surface area contributed by atoms with Crippen LogP contribution >= 0.6 is 23.2 Å². The topological polar surface area (TPSA) is 95.6 Å². The van der Waals surface area contributed by atoms with Gasteiger partial charge in [0, 0.05) is 34.2 Å². The zero-order chi connectivity index (χ0) is 32.0. The van der Waals surface area contributed by atoms with E-state index in [1.807, 2.05) is 50.3 Å². The fraction of sp³-hybridized carbons (Fsp3) is 0.412. The number of nitrogens with one attached hydrogen (secondary N) is 2. The minimum atomic E-state index is -3.56. The summed E-state index contributed by atoms with van der Waals surface area (Å²) in [5, 5.41) is 3.93. The second kappa shape index (κ2) is 14.9. The molecule has 2 aromatic rings. The molecule has 1 fully saturated rings. The van der Waals surface area contributed by atoms with E-state index >= 15 is 0 Å². The Kier molecular flexibility index (Phi) is 11.5. The summed E-state index contributed by atoms with van der Waals surface area (Å²) in [4.78, 5) is 30.6. The summed E-state index contributed by atoms with van der Waals surface area (Å²) in [6.45, 7) is 6.37. The third kappa shape index (κ3) is 7.83. The number of sulfonamides is 1. The highest BCUT2D eigenvalue weighted by Gasteiger charge is 2.49. The third-order valence-corrected chi connectivity index (χ3v) is 9.82. The van der Waals surface area contributed by atoms with Crippen LogP contribution in [-0.2, 0) is 14.8 Å². The van der Waals surface area contributed by atoms with Crippen LogP contribution < -0.4 is 10.0 Å². The van der Waals surface area contributed by atoms with Crippen molar-refractivity contribution in [1.29, 1.82) is 0 Å². The molecule has 1 aliphatic carbocycles. The Hall–Kier alpha value is -2.91. The van der Waals surface area contributed by atoms with Gasteiger partial charge in [-0.2, -0.15) is 0 Å². The maximum absolute atomic E-state index is 14.4. The zero-order valence-corrected chi connectivity index (χ0v) is 28.0. The average molecular weight is 659 g/mol. The Labute approximate surface area is 271 Å². The summed E-state index contributed by atoms with van der Waals surface area (Å²) in [6.07, 6.45) is 12.6. The molecule has 1 saturated carbocycles. The van der Waals surface area contributed by atoms with Crippen molar-refractivity contribution in [3.05, 3.63) is 105 Å². The highest BCUT2D eigenvalue weighted by molar-refractivity contribution is 7.88. The van der Waals surface area contributed by atoms with E-state index in [2.05, 4.69) is 17.0 Å². The van der Waals surface area contributed by atoms with Crippen molar-refractivity contribution >= 4 is 45.0 Å². The number of halogens is 2. The maximum atomic E-state index is 14.4. The van der Waals surface area contributed by atoms with Crippen LogP contribution in [0.4, 0.5) is 0 Å². The highest BCUT2D eigenvalue weighted by atomic mass is 35.5. The number of carbonyl (C=O) groups is 2. The molecule has 1 heterocycles. The van der Waals surface area contributed by atoms with E-state index in [0.29, 0.717) is 46.1 Å². The van der Waals surface area contributed by atoms with Crippen LogP contribution in [0.2, 0.25) is 10.0 Å². The molecule has 1 aliphatic heterocycles. The van der Waals surface area contributed by atoms with Gasteiger partial charge in [0.25, 0.3) is 5.91 Å². The van der Waals surface area contributed by atoms with Crippen molar-refractivity contribution in [2.45, 2.75) is 76.9 Å². The summed E-state index contributed by atoms with van der Waals surface area (Å²) < 4.78 is 27.6. The maximum Gasteiger partial charge on any atom is 0.255 e. The predicted molar refractivity (Wildman–Crippen MR) is 179 cm³/mol. The van der Waals surface area contributed by atoms with Crippen LogP contribution in [-0.4, -0.2) is 50.0 Å². The van der Waals surface area contributed by atoms with Gasteiger partial charge in [-0.1, -0.05) is 97.1 Å². The number of rotatable bonds is 10. The molecule has 0 spiro atoms. The number of hydrogen-bond donors (Lipinski definition) is 2. The lowest BCUT2D eigenvalue weighted by molar-refractivity contribution is -0.124. The van der Waals surface area contributed by atoms with Gasteiger partial charge in [0.05, 0.1) is 18.2 Å². The Balaban J connectivity index is 1.86. The van der Waals surface area contributed by atoms with Gasteiger partial charge in [-0.15, -0.1) is 0 Å². The van der Waals surface area contributed by atoms with Crippen molar-refractivity contribution in [3.63, 3.8) is 0 Å². The van der Waals surface area contributed by atoms with Gasteiger partial charge in [-0.05, 0) is 68.0 Å². The molecule has 0 aromatic heterocycles. The highest BCUT2D eigenvalue weighted by Crippen LogP contribution is 2.47. The van der Waals surface area contributed by atoms with Crippen LogP contribution in [0.15, 0.2) is 77.9 Å². The predicted octanol–water partition coefficient (Wildman–Crippen LogP) is 7.11. The average Bonchev–Trinajstić information content (AvgIpc) is 2.98. The van der Waals surface area contributed by atoms with Crippen molar-refractivity contribution in [2.75, 3.05) is 12.8 Å². The first-order chi connectivity index (χ1) is 21.0. The zero-order valence-electron chi connectivity index (χ0n) is 25.6. The number of amides is 2. The summed E-state index contributed by atoms with van der Waals surface area (Å²) >= 11 is 13.1. The second-order valence-corrected chi connectivity index (χ2v) is 14.1. The van der Waals surface area contributed by atoms with Gasteiger partial charge in [0.2, 0.25) is 15.9 Å². The number of nitrogens with zero attached hydrogens (tertiary/aromatic N) is 1. The Morgan fingerprint density at radius 3 is 2.48 bits per heavy atom. The molecule has 0 bridgehead atoms. The lowest BCUT2D eigenvalue weighted by Crippen LogP contribution is -2.59. The van der Waals surface area contributed by atoms with E-state index in [4.69, 9.17) is 23.2 Å². The first kappa shape index (κ1) is 34.0. The molecule has 0 saturated heterocycles. The molecule has 0 unspecified atom stereocenters. The molecule has 10 heteroatoms. The monoisotopic (exact) mass is 657 g/mol. The van der Waals surface area contributed by atoms with Gasteiger partial charge >= 0.3 is 0 Å². The summed E-state index contributed by atoms with van der Waals surface area (Å²) in [6, 6.07) is 10.4. The van der Waals surface area contributed by atoms with Crippen LogP contribution in [0.25, 0.3) is 0 Å². The van der Waals surface area contributed by atoms with Gasteiger partial charge in [0.15, 0.2) is 0 Å². The largest absolute Gasteiger partial charge is 0.351 e. The minimum Gasteiger partial charge on any atom is -0.351 e. The Morgan fingerprint density at radius 2 is 1.80 bits per heavy atom. The van der Waals surface area contributed by atoms with Crippen molar-refractivity contribution in [3.8, 4) is 0 Å². The molecule has 2 aliphatic rings. The molecule has 4 rings (SSSR count). The quantitative estimate of drug-likeness (QED) is 0.266. The fourth-order valence-electron chi connectivity index (χ4n) is 6.28. The summed E-state index contributed by atoms with van der Waals surface area (Å²) in [5.41, 5.74) is 3.76. The van der Waals surface area contributed by atoms with Crippen LogP contribution in [0.1, 0.15) is 86.3 Å². The molecular formula is C34H41Cl2N3O4S. The molecule has 0 radical (unpaired) electrons. The van der Waals surface area contributed by atoms with E-state index < -0.39 is 34.1 Å². The third-order valence-electron chi connectivity index (χ3n) is 8.52. The molecule has 236 valence electrons.